The molecular weight excluding hydrogens is 526 g/mol. The van der Waals surface area contributed by atoms with Crippen LogP contribution in [0, 0.1) is 6.92 Å². The number of carbonyl (C=O) groups is 2. The Morgan fingerprint density at radius 3 is 2.25 bits per heavy atom. The molecule has 2 N–H and O–H groups in total. The van der Waals surface area contributed by atoms with Crippen LogP contribution in [0.25, 0.3) is 0 Å². The van der Waals surface area contributed by atoms with E-state index >= 15 is 0 Å². The Morgan fingerprint density at radius 2 is 1.55 bits per heavy atom. The van der Waals surface area contributed by atoms with Crippen molar-refractivity contribution >= 4 is 33.2 Å². The number of ether oxygens (including phenoxy) is 1. The van der Waals surface area contributed by atoms with Crippen molar-refractivity contribution < 1.29 is 22.7 Å². The summed E-state index contributed by atoms with van der Waals surface area (Å²) >= 11 is 0. The van der Waals surface area contributed by atoms with Crippen molar-refractivity contribution in [2.24, 2.45) is 0 Å². The van der Waals surface area contributed by atoms with E-state index in [1.54, 1.807) is 60.7 Å². The highest BCUT2D eigenvalue weighted by Gasteiger charge is 2.28. The number of benzene rings is 4. The van der Waals surface area contributed by atoms with Crippen LogP contribution in [-0.2, 0) is 14.8 Å². The van der Waals surface area contributed by atoms with Gasteiger partial charge in [0, 0.05) is 6.07 Å². The number of amides is 2. The van der Waals surface area contributed by atoms with Gasteiger partial charge in [0.25, 0.3) is 15.9 Å². The first-order valence-electron chi connectivity index (χ1n) is 12.7. The molecule has 0 aliphatic rings. The van der Waals surface area contributed by atoms with E-state index in [9.17, 15) is 18.0 Å². The molecule has 0 heterocycles. The van der Waals surface area contributed by atoms with E-state index in [2.05, 4.69) is 10.6 Å². The van der Waals surface area contributed by atoms with E-state index in [1.807, 2.05) is 44.2 Å². The molecule has 0 aromatic heterocycles. The second-order valence-corrected chi connectivity index (χ2v) is 11.1. The van der Waals surface area contributed by atoms with E-state index < -0.39 is 22.5 Å². The molecule has 4 aromatic rings. The first-order valence-corrected chi connectivity index (χ1v) is 14.1. The number of para-hydroxylation sites is 1. The Balaban J connectivity index is 1.59. The van der Waals surface area contributed by atoms with Crippen molar-refractivity contribution in [1.82, 2.24) is 5.32 Å². The molecule has 2 amide bonds. The highest BCUT2D eigenvalue weighted by atomic mass is 32.2. The number of nitrogens with zero attached hydrogens (tertiary/aromatic N) is 1. The van der Waals surface area contributed by atoms with Crippen LogP contribution in [0.4, 0.5) is 11.4 Å². The van der Waals surface area contributed by atoms with Gasteiger partial charge in [-0.25, -0.2) is 8.42 Å². The zero-order chi connectivity index (χ0) is 28.7. The SMILES string of the molecule is COc1cccc(N(CC(=O)Nc2ccccc2C(=O)N[C@H](C)c2ccccc2)S(=O)(=O)c2ccc(C)cc2)c1. The molecule has 8 nitrogen and oxygen atoms in total. The zero-order valence-corrected chi connectivity index (χ0v) is 23.3. The van der Waals surface area contributed by atoms with E-state index in [0.29, 0.717) is 5.75 Å². The number of hydrogen-bond donors (Lipinski definition) is 2. The number of hydrogen-bond acceptors (Lipinski definition) is 5. The van der Waals surface area contributed by atoms with Gasteiger partial charge in [-0.1, -0.05) is 66.2 Å². The number of sulfonamides is 1. The molecule has 0 fully saturated rings. The Hall–Kier alpha value is -4.63. The van der Waals surface area contributed by atoms with E-state index in [1.165, 1.54) is 19.2 Å². The molecule has 1 atom stereocenters. The van der Waals surface area contributed by atoms with Gasteiger partial charge in [0.05, 0.1) is 35.0 Å². The lowest BCUT2D eigenvalue weighted by molar-refractivity contribution is -0.114. The Morgan fingerprint density at radius 1 is 0.875 bits per heavy atom. The van der Waals surface area contributed by atoms with E-state index in [0.717, 1.165) is 15.4 Å². The summed E-state index contributed by atoms with van der Waals surface area (Å²) in [5, 5.41) is 5.67. The molecule has 206 valence electrons. The highest BCUT2D eigenvalue weighted by molar-refractivity contribution is 7.92. The number of carbonyl (C=O) groups excluding carboxylic acids is 2. The molecule has 0 saturated heterocycles. The normalized spacial score (nSPS) is 11.8. The summed E-state index contributed by atoms with van der Waals surface area (Å²) in [7, 11) is -2.64. The molecule has 0 saturated carbocycles. The minimum atomic E-state index is -4.12. The summed E-state index contributed by atoms with van der Waals surface area (Å²) < 4.78 is 33.7. The maximum Gasteiger partial charge on any atom is 0.264 e. The largest absolute Gasteiger partial charge is 0.497 e. The van der Waals surface area contributed by atoms with Gasteiger partial charge in [0.15, 0.2) is 0 Å². The first kappa shape index (κ1) is 28.4. The lowest BCUT2D eigenvalue weighted by Crippen LogP contribution is -2.38. The van der Waals surface area contributed by atoms with Crippen molar-refractivity contribution in [3.8, 4) is 5.75 Å². The maximum absolute atomic E-state index is 13.7. The molecule has 0 unspecified atom stereocenters. The average Bonchev–Trinajstić information content (AvgIpc) is 2.96. The summed E-state index contributed by atoms with van der Waals surface area (Å²) in [6.45, 7) is 3.20. The zero-order valence-electron chi connectivity index (χ0n) is 22.5. The molecule has 0 aliphatic heterocycles. The van der Waals surface area contributed by atoms with Gasteiger partial charge in [0.1, 0.15) is 12.3 Å². The van der Waals surface area contributed by atoms with Crippen LogP contribution < -0.4 is 19.7 Å². The minimum Gasteiger partial charge on any atom is -0.497 e. The molecule has 0 radical (unpaired) electrons. The topological polar surface area (TPSA) is 105 Å². The predicted molar refractivity (Wildman–Crippen MR) is 156 cm³/mol. The van der Waals surface area contributed by atoms with Gasteiger partial charge in [-0.15, -0.1) is 0 Å². The van der Waals surface area contributed by atoms with Crippen LogP contribution in [0.15, 0.2) is 108 Å². The second-order valence-electron chi connectivity index (χ2n) is 9.23. The van der Waals surface area contributed by atoms with E-state index in [-0.39, 0.29) is 33.8 Å². The first-order chi connectivity index (χ1) is 19.2. The molecule has 0 bridgehead atoms. The molecule has 0 aliphatic carbocycles. The summed E-state index contributed by atoms with van der Waals surface area (Å²) in [5.74, 6) is -0.546. The van der Waals surface area contributed by atoms with Crippen LogP contribution in [0.5, 0.6) is 5.75 Å². The minimum absolute atomic E-state index is 0.0448. The van der Waals surface area contributed by atoms with Crippen LogP contribution >= 0.6 is 0 Å². The molecule has 9 heteroatoms. The molecule has 4 rings (SSSR count). The molecule has 4 aromatic carbocycles. The lowest BCUT2D eigenvalue weighted by atomic mass is 10.1. The number of aryl methyl sites for hydroxylation is 1. The quantitative estimate of drug-likeness (QED) is 0.274. The van der Waals surface area contributed by atoms with Gasteiger partial charge < -0.3 is 15.4 Å². The standard InChI is InChI=1S/C31H31N3O5S/c1-22-16-18-27(19-17-22)40(37,38)34(25-12-9-13-26(20-25)39-3)21-30(35)33-29-15-8-7-14-28(29)31(36)32-23(2)24-10-5-4-6-11-24/h4-20,23H,21H2,1-3H3,(H,32,36)(H,33,35)/t23-/m1/s1. The van der Waals surface area contributed by atoms with Crippen molar-refractivity contribution in [1.29, 1.82) is 0 Å². The number of methoxy groups -OCH3 is 1. The van der Waals surface area contributed by atoms with Crippen LogP contribution in [-0.4, -0.2) is 33.9 Å². The molecule has 40 heavy (non-hydrogen) atoms. The van der Waals surface area contributed by atoms with Gasteiger partial charge >= 0.3 is 0 Å². The summed E-state index contributed by atoms with van der Waals surface area (Å²) in [6, 6.07) is 28.7. The molecule has 0 spiro atoms. The third-order valence-electron chi connectivity index (χ3n) is 6.33. The van der Waals surface area contributed by atoms with Crippen LogP contribution in [0.2, 0.25) is 0 Å². The van der Waals surface area contributed by atoms with Gasteiger partial charge in [-0.2, -0.15) is 0 Å². The monoisotopic (exact) mass is 557 g/mol. The number of rotatable bonds is 10. The Labute approximate surface area is 234 Å². The predicted octanol–water partition coefficient (Wildman–Crippen LogP) is 5.33. The summed E-state index contributed by atoms with van der Waals surface area (Å²) in [5.41, 5.74) is 2.63. The second kappa shape index (κ2) is 12.5. The maximum atomic E-state index is 13.7. The Kier molecular flexibility index (Phi) is 8.86. The van der Waals surface area contributed by atoms with E-state index in [4.69, 9.17) is 4.74 Å². The van der Waals surface area contributed by atoms with Gasteiger partial charge in [0.2, 0.25) is 5.91 Å². The lowest BCUT2D eigenvalue weighted by Gasteiger charge is -2.25. The number of anilines is 2. The highest BCUT2D eigenvalue weighted by Crippen LogP contribution is 2.27. The number of nitrogens with one attached hydrogen (secondary N) is 2. The molecular formula is C31H31N3O5S. The van der Waals surface area contributed by atoms with Crippen LogP contribution in [0.3, 0.4) is 0 Å². The van der Waals surface area contributed by atoms with Gasteiger partial charge in [-0.3, -0.25) is 13.9 Å². The summed E-state index contributed by atoms with van der Waals surface area (Å²) in [4.78, 5) is 26.5. The third kappa shape index (κ3) is 6.68. The smallest absolute Gasteiger partial charge is 0.264 e. The van der Waals surface area contributed by atoms with Gasteiger partial charge in [-0.05, 0) is 55.8 Å². The average molecular weight is 558 g/mol. The van der Waals surface area contributed by atoms with Crippen LogP contribution in [0.1, 0.15) is 34.5 Å². The third-order valence-corrected chi connectivity index (χ3v) is 8.12. The Bertz CT molecular complexity index is 1590. The van der Waals surface area contributed by atoms with Crippen molar-refractivity contribution in [2.45, 2.75) is 24.8 Å². The van der Waals surface area contributed by atoms with Crippen molar-refractivity contribution in [3.05, 3.63) is 120 Å². The van der Waals surface area contributed by atoms with Crippen molar-refractivity contribution in [3.63, 3.8) is 0 Å². The van der Waals surface area contributed by atoms with Crippen molar-refractivity contribution in [2.75, 3.05) is 23.3 Å². The fourth-order valence-corrected chi connectivity index (χ4v) is 5.54. The fourth-order valence-electron chi connectivity index (χ4n) is 4.13. The summed E-state index contributed by atoms with van der Waals surface area (Å²) in [6.07, 6.45) is 0. The fraction of sp³-hybridized carbons (Fsp3) is 0.161.